The van der Waals surface area contributed by atoms with E-state index in [4.69, 9.17) is 16.6 Å². The molecule has 0 fully saturated rings. The van der Waals surface area contributed by atoms with Crippen LogP contribution in [0.15, 0.2) is 23.3 Å². The summed E-state index contributed by atoms with van der Waals surface area (Å²) in [7, 11) is 0. The second-order valence-electron chi connectivity index (χ2n) is 3.39. The minimum absolute atomic E-state index is 0. The average molecular weight is 334 g/mol. The fourth-order valence-corrected chi connectivity index (χ4v) is 1.22. The molecule has 1 aromatic carbocycles. The van der Waals surface area contributed by atoms with Gasteiger partial charge in [0.1, 0.15) is 0 Å². The molecule has 0 atom stereocenters. The van der Waals surface area contributed by atoms with E-state index in [1.54, 1.807) is 0 Å². The van der Waals surface area contributed by atoms with Crippen molar-refractivity contribution in [3.63, 3.8) is 0 Å². The van der Waals surface area contributed by atoms with Crippen LogP contribution in [0.4, 0.5) is 26.3 Å². The molecular weight excluding hydrogens is 329 g/mol. The van der Waals surface area contributed by atoms with E-state index in [1.165, 1.54) is 4.91 Å². The van der Waals surface area contributed by atoms with E-state index < -0.39 is 30.0 Å². The van der Waals surface area contributed by atoms with E-state index in [2.05, 4.69) is 10.0 Å². The number of hydrogen-bond acceptors (Lipinski definition) is 1. The molecule has 0 aliphatic carbocycles. The van der Waals surface area contributed by atoms with Crippen molar-refractivity contribution in [1.29, 1.82) is 0 Å². The molecule has 0 saturated heterocycles. The molecule has 0 aromatic heterocycles. The third kappa shape index (κ3) is 8.01. The monoisotopic (exact) mass is 334 g/mol. The quantitative estimate of drug-likeness (QED) is 0.260. The van der Waals surface area contributed by atoms with Gasteiger partial charge in [-0.05, 0) is 29.3 Å². The van der Waals surface area contributed by atoms with Crippen LogP contribution in [-0.4, -0.2) is 0 Å². The molecule has 0 radical (unpaired) electrons. The van der Waals surface area contributed by atoms with Gasteiger partial charge in [0.05, 0.1) is 17.7 Å². The molecule has 0 heterocycles. The standard InChI is InChI=1S/C9H5F6N3.N3.Na/c10-8(11,12)6-1-5(4-17-18-16)2-7(3-6)9(13,14)15;1-3-2;/h1-3H,4H2;;/q;-1;+1. The van der Waals surface area contributed by atoms with Crippen LogP contribution in [0.25, 0.3) is 26.4 Å². The van der Waals surface area contributed by atoms with E-state index in [0.717, 1.165) is 0 Å². The van der Waals surface area contributed by atoms with Crippen molar-refractivity contribution >= 4 is 0 Å². The number of alkyl halides is 6. The number of nitrogens with zero attached hydrogens (tertiary/aromatic N) is 6. The smallest absolute Gasteiger partial charge is 0.373 e. The van der Waals surface area contributed by atoms with Crippen molar-refractivity contribution in [2.75, 3.05) is 0 Å². The zero-order valence-electron chi connectivity index (χ0n) is 10.9. The van der Waals surface area contributed by atoms with Gasteiger partial charge in [-0.15, -0.1) is 0 Å². The van der Waals surface area contributed by atoms with Gasteiger partial charge in [0.15, 0.2) is 0 Å². The molecule has 0 unspecified atom stereocenters. The maximum atomic E-state index is 12.4. The summed E-state index contributed by atoms with van der Waals surface area (Å²) in [5, 5.41) is 2.93. The molecule has 0 amide bonds. The molecule has 0 aliphatic rings. The predicted molar refractivity (Wildman–Crippen MR) is 59.4 cm³/mol. The third-order valence-corrected chi connectivity index (χ3v) is 1.96. The summed E-state index contributed by atoms with van der Waals surface area (Å²) >= 11 is 0. The van der Waals surface area contributed by atoms with Crippen LogP contribution < -0.4 is 29.6 Å². The van der Waals surface area contributed by atoms with Gasteiger partial charge in [-0.25, -0.2) is 0 Å². The summed E-state index contributed by atoms with van der Waals surface area (Å²) in [5.41, 5.74) is 18.3. The fraction of sp³-hybridized carbons (Fsp3) is 0.333. The Morgan fingerprint density at radius 2 is 1.23 bits per heavy atom. The molecule has 1 aromatic rings. The summed E-state index contributed by atoms with van der Waals surface area (Å²) in [4.78, 5) is 3.78. The summed E-state index contributed by atoms with van der Waals surface area (Å²) < 4.78 is 74.3. The minimum Gasteiger partial charge on any atom is -0.373 e. The fourth-order valence-electron chi connectivity index (χ4n) is 1.22. The Morgan fingerprint density at radius 1 is 0.864 bits per heavy atom. The summed E-state index contributed by atoms with van der Waals surface area (Å²) in [6.07, 6.45) is -9.79. The predicted octanol–water partition coefficient (Wildman–Crippen LogP) is 2.40. The third-order valence-electron chi connectivity index (χ3n) is 1.96. The van der Waals surface area contributed by atoms with Gasteiger partial charge in [0.25, 0.3) is 0 Å². The molecule has 0 bridgehead atoms. The van der Waals surface area contributed by atoms with Gasteiger partial charge in [-0.2, -0.15) is 26.3 Å². The maximum absolute atomic E-state index is 12.4. The molecule has 0 spiro atoms. The largest absolute Gasteiger partial charge is 1.00 e. The normalized spacial score (nSPS) is 10.3. The van der Waals surface area contributed by atoms with Crippen molar-refractivity contribution in [2.24, 2.45) is 5.11 Å². The molecule has 1 rings (SSSR count). The van der Waals surface area contributed by atoms with Gasteiger partial charge in [-0.1, -0.05) is 5.11 Å². The first-order chi connectivity index (χ1) is 9.56. The summed E-state index contributed by atoms with van der Waals surface area (Å²) in [6, 6.07) is 1.05. The van der Waals surface area contributed by atoms with Crippen molar-refractivity contribution in [3.8, 4) is 0 Å². The van der Waals surface area contributed by atoms with E-state index in [1.807, 2.05) is 0 Å². The zero-order valence-corrected chi connectivity index (χ0v) is 12.9. The Hall–Kier alpha value is -1.58. The number of hydrogen-bond donors (Lipinski definition) is 0. The second kappa shape index (κ2) is 9.44. The topological polar surface area (TPSA) is 107 Å². The number of halogens is 6. The maximum Gasteiger partial charge on any atom is 1.00 e. The van der Waals surface area contributed by atoms with E-state index in [0.29, 0.717) is 12.1 Å². The van der Waals surface area contributed by atoms with Crippen LogP contribution in [0.1, 0.15) is 16.7 Å². The SMILES string of the molecule is [N-]=[N+]=NCc1cc(C(F)(F)F)cc(C(F)(F)F)c1.[N-]=[N+]=[N-].[Na+]. The Labute approximate surface area is 141 Å². The first kappa shape index (κ1) is 22.7. The molecule has 22 heavy (non-hydrogen) atoms. The number of azide groups is 1. The second-order valence-corrected chi connectivity index (χ2v) is 3.39. The summed E-state index contributed by atoms with van der Waals surface area (Å²) in [6.45, 7) is -0.580. The first-order valence-electron chi connectivity index (χ1n) is 4.84. The molecule has 0 saturated carbocycles. The van der Waals surface area contributed by atoms with E-state index >= 15 is 0 Å². The van der Waals surface area contributed by atoms with Crippen LogP contribution in [0, 0.1) is 0 Å². The van der Waals surface area contributed by atoms with Crippen molar-refractivity contribution in [2.45, 2.75) is 18.9 Å². The molecule has 13 heteroatoms. The number of benzene rings is 1. The van der Waals surface area contributed by atoms with Gasteiger partial charge < -0.3 is 11.1 Å². The zero-order chi connectivity index (χ0) is 16.7. The Morgan fingerprint density at radius 3 is 1.50 bits per heavy atom. The van der Waals surface area contributed by atoms with Crippen molar-refractivity contribution in [1.82, 2.24) is 0 Å². The molecular formula is C9H5F6N6Na. The van der Waals surface area contributed by atoms with Crippen LogP contribution in [-0.2, 0) is 18.9 Å². The summed E-state index contributed by atoms with van der Waals surface area (Å²) in [5.74, 6) is 0. The van der Waals surface area contributed by atoms with Gasteiger partial charge in [0, 0.05) is 4.91 Å². The van der Waals surface area contributed by atoms with Crippen LogP contribution >= 0.6 is 0 Å². The van der Waals surface area contributed by atoms with Crippen molar-refractivity contribution in [3.05, 3.63) is 61.3 Å². The van der Waals surface area contributed by atoms with Crippen LogP contribution in [0.3, 0.4) is 0 Å². The molecule has 6 nitrogen and oxygen atoms in total. The minimum atomic E-state index is -4.90. The average Bonchev–Trinajstić information content (AvgIpc) is 2.35. The van der Waals surface area contributed by atoms with Crippen molar-refractivity contribution < 1.29 is 55.9 Å². The van der Waals surface area contributed by atoms with Gasteiger partial charge in [0.2, 0.25) is 0 Å². The van der Waals surface area contributed by atoms with Crippen LogP contribution in [0.5, 0.6) is 0 Å². The molecule has 0 aliphatic heterocycles. The van der Waals surface area contributed by atoms with Gasteiger partial charge in [-0.3, -0.25) is 4.91 Å². The number of rotatable bonds is 2. The molecule has 114 valence electrons. The van der Waals surface area contributed by atoms with Crippen LogP contribution in [0.2, 0.25) is 0 Å². The Kier molecular flexibility index (Phi) is 9.74. The Bertz CT molecular complexity index is 539. The molecule has 0 N–H and O–H groups in total. The Balaban J connectivity index is 0. The van der Waals surface area contributed by atoms with E-state index in [9.17, 15) is 26.3 Å². The first-order valence-corrected chi connectivity index (χ1v) is 4.84. The van der Waals surface area contributed by atoms with E-state index in [-0.39, 0.29) is 41.2 Å². The van der Waals surface area contributed by atoms with Gasteiger partial charge >= 0.3 is 41.9 Å².